The molecule has 0 aromatic heterocycles. The van der Waals surface area contributed by atoms with E-state index in [0.717, 1.165) is 19.3 Å². The highest BCUT2D eigenvalue weighted by Gasteiger charge is 2.25. The Balaban J connectivity index is 2.01. The van der Waals surface area contributed by atoms with Crippen molar-refractivity contribution in [1.29, 1.82) is 0 Å². The molecule has 0 spiro atoms. The Labute approximate surface area is 142 Å². The zero-order chi connectivity index (χ0) is 17.6. The Morgan fingerprint density at radius 2 is 1.67 bits per heavy atom. The summed E-state index contributed by atoms with van der Waals surface area (Å²) >= 11 is 0. The molecule has 1 aromatic rings. The van der Waals surface area contributed by atoms with Crippen LogP contribution in [0, 0.1) is 0 Å². The van der Waals surface area contributed by atoms with Gasteiger partial charge in [-0.05, 0) is 44.0 Å². The number of nitrogens with one attached hydrogen (secondary N) is 2. The number of likely N-dealkylation sites (N-methyl/N-ethyl adjacent to an activating group) is 1. The van der Waals surface area contributed by atoms with Crippen molar-refractivity contribution in [3.05, 3.63) is 29.8 Å². The summed E-state index contributed by atoms with van der Waals surface area (Å²) in [6.07, 6.45) is 2.80. The van der Waals surface area contributed by atoms with E-state index in [1.165, 1.54) is 28.6 Å². The van der Waals surface area contributed by atoms with Gasteiger partial charge in [0.25, 0.3) is 5.91 Å². The van der Waals surface area contributed by atoms with E-state index >= 15 is 0 Å². The first-order valence-electron chi connectivity index (χ1n) is 8.10. The highest BCUT2D eigenvalue weighted by molar-refractivity contribution is 7.89. The number of hydrogen-bond acceptors (Lipinski definition) is 4. The van der Waals surface area contributed by atoms with Gasteiger partial charge in [0.1, 0.15) is 0 Å². The van der Waals surface area contributed by atoms with Crippen LogP contribution in [0.5, 0.6) is 0 Å². The van der Waals surface area contributed by atoms with Crippen LogP contribution in [0.1, 0.15) is 36.5 Å². The number of sulfonamides is 1. The second kappa shape index (κ2) is 8.25. The normalized spacial score (nSPS) is 15.7. The fourth-order valence-electron chi connectivity index (χ4n) is 2.55. The molecule has 2 rings (SSSR count). The molecule has 1 fully saturated rings. The molecule has 8 heteroatoms. The van der Waals surface area contributed by atoms with Gasteiger partial charge in [-0.15, -0.1) is 0 Å². The van der Waals surface area contributed by atoms with Crippen LogP contribution in [0.3, 0.4) is 0 Å². The fourth-order valence-corrected chi connectivity index (χ4v) is 4.07. The van der Waals surface area contributed by atoms with Crippen LogP contribution >= 0.6 is 0 Å². The second-order valence-corrected chi connectivity index (χ2v) is 7.56. The van der Waals surface area contributed by atoms with Crippen molar-refractivity contribution in [2.24, 2.45) is 0 Å². The van der Waals surface area contributed by atoms with E-state index in [1.807, 2.05) is 0 Å². The monoisotopic (exact) mass is 353 g/mol. The van der Waals surface area contributed by atoms with Gasteiger partial charge in [-0.3, -0.25) is 9.59 Å². The second-order valence-electron chi connectivity index (χ2n) is 5.63. The van der Waals surface area contributed by atoms with E-state index in [0.29, 0.717) is 25.2 Å². The Hall–Kier alpha value is -1.93. The smallest absolute Gasteiger partial charge is 0.251 e. The van der Waals surface area contributed by atoms with Gasteiger partial charge in [0.2, 0.25) is 15.9 Å². The third-order valence-corrected chi connectivity index (χ3v) is 5.77. The summed E-state index contributed by atoms with van der Waals surface area (Å²) in [4.78, 5) is 23.5. The maximum absolute atomic E-state index is 12.5. The minimum Gasteiger partial charge on any atom is -0.355 e. The molecule has 1 heterocycles. The van der Waals surface area contributed by atoms with Gasteiger partial charge in [0, 0.05) is 25.2 Å². The summed E-state index contributed by atoms with van der Waals surface area (Å²) in [7, 11) is -3.50. The molecule has 1 aliphatic rings. The largest absolute Gasteiger partial charge is 0.355 e. The number of amides is 2. The number of hydrogen-bond donors (Lipinski definition) is 2. The molecule has 1 saturated heterocycles. The van der Waals surface area contributed by atoms with Crippen molar-refractivity contribution in [2.45, 2.75) is 31.1 Å². The Morgan fingerprint density at radius 1 is 1.04 bits per heavy atom. The number of rotatable bonds is 6. The topological polar surface area (TPSA) is 95.6 Å². The van der Waals surface area contributed by atoms with Gasteiger partial charge in [-0.25, -0.2) is 8.42 Å². The minimum atomic E-state index is -3.50. The molecule has 0 atom stereocenters. The summed E-state index contributed by atoms with van der Waals surface area (Å²) in [6, 6.07) is 5.80. The van der Waals surface area contributed by atoms with Crippen LogP contribution in [-0.4, -0.2) is 50.7 Å². The lowest BCUT2D eigenvalue weighted by Gasteiger charge is -2.25. The van der Waals surface area contributed by atoms with Crippen LogP contribution in [0.25, 0.3) is 0 Å². The lowest BCUT2D eigenvalue weighted by Crippen LogP contribution is -2.37. The fraction of sp³-hybridized carbons (Fsp3) is 0.500. The van der Waals surface area contributed by atoms with Gasteiger partial charge in [0.05, 0.1) is 11.4 Å². The standard InChI is InChI=1S/C16H23N3O4S/c1-2-17-15(20)12-18-16(21)13-6-8-14(9-7-13)24(22,23)19-10-4-3-5-11-19/h6-9H,2-5,10-12H2,1H3,(H,17,20)(H,18,21). The molecule has 0 bridgehead atoms. The highest BCUT2D eigenvalue weighted by Crippen LogP contribution is 2.20. The van der Waals surface area contributed by atoms with Crippen LogP contribution in [0.2, 0.25) is 0 Å². The third-order valence-electron chi connectivity index (χ3n) is 3.85. The predicted octanol–water partition coefficient (Wildman–Crippen LogP) is 0.727. The number of piperidine rings is 1. The highest BCUT2D eigenvalue weighted by atomic mass is 32.2. The average Bonchev–Trinajstić information content (AvgIpc) is 2.61. The van der Waals surface area contributed by atoms with Crippen LogP contribution in [-0.2, 0) is 14.8 Å². The van der Waals surface area contributed by atoms with Crippen LogP contribution in [0.15, 0.2) is 29.2 Å². The van der Waals surface area contributed by atoms with Gasteiger partial charge >= 0.3 is 0 Å². The third kappa shape index (κ3) is 4.55. The quantitative estimate of drug-likeness (QED) is 0.788. The van der Waals surface area contributed by atoms with E-state index in [9.17, 15) is 18.0 Å². The van der Waals surface area contributed by atoms with Crippen molar-refractivity contribution in [1.82, 2.24) is 14.9 Å². The number of carbonyl (C=O) groups is 2. The molecular formula is C16H23N3O4S. The maximum Gasteiger partial charge on any atom is 0.251 e. The molecule has 0 radical (unpaired) electrons. The van der Waals surface area contributed by atoms with E-state index < -0.39 is 15.9 Å². The average molecular weight is 353 g/mol. The summed E-state index contributed by atoms with van der Waals surface area (Å²) in [5.41, 5.74) is 0.317. The molecule has 2 amide bonds. The molecule has 24 heavy (non-hydrogen) atoms. The molecule has 2 N–H and O–H groups in total. The minimum absolute atomic E-state index is 0.111. The SMILES string of the molecule is CCNC(=O)CNC(=O)c1ccc(S(=O)(=O)N2CCCCC2)cc1. The summed E-state index contributed by atoms with van der Waals surface area (Å²) < 4.78 is 26.5. The zero-order valence-corrected chi connectivity index (χ0v) is 14.6. The summed E-state index contributed by atoms with van der Waals surface area (Å²) in [5, 5.41) is 5.07. The van der Waals surface area contributed by atoms with Gasteiger partial charge in [0.15, 0.2) is 0 Å². The van der Waals surface area contributed by atoms with Gasteiger partial charge in [-0.1, -0.05) is 6.42 Å². The molecular weight excluding hydrogens is 330 g/mol. The zero-order valence-electron chi connectivity index (χ0n) is 13.7. The molecule has 1 aromatic carbocycles. The lowest BCUT2D eigenvalue weighted by atomic mass is 10.2. The van der Waals surface area contributed by atoms with Crippen molar-refractivity contribution in [2.75, 3.05) is 26.2 Å². The number of carbonyl (C=O) groups excluding carboxylic acids is 2. The first-order chi connectivity index (χ1) is 11.4. The summed E-state index contributed by atoms with van der Waals surface area (Å²) in [5.74, 6) is -0.682. The van der Waals surface area contributed by atoms with E-state index in [-0.39, 0.29) is 17.3 Å². The predicted molar refractivity (Wildman–Crippen MR) is 90.1 cm³/mol. The van der Waals surface area contributed by atoms with Gasteiger partial charge < -0.3 is 10.6 Å². The Bertz CT molecular complexity index is 680. The molecule has 7 nitrogen and oxygen atoms in total. The molecule has 1 aliphatic heterocycles. The Kier molecular flexibility index (Phi) is 6.33. The molecule has 0 unspecified atom stereocenters. The molecule has 132 valence electrons. The van der Waals surface area contributed by atoms with Crippen molar-refractivity contribution in [3.63, 3.8) is 0 Å². The van der Waals surface area contributed by atoms with E-state index in [1.54, 1.807) is 6.92 Å². The van der Waals surface area contributed by atoms with Gasteiger partial charge in [-0.2, -0.15) is 4.31 Å². The lowest BCUT2D eigenvalue weighted by molar-refractivity contribution is -0.120. The maximum atomic E-state index is 12.5. The van der Waals surface area contributed by atoms with Crippen LogP contribution in [0.4, 0.5) is 0 Å². The van der Waals surface area contributed by atoms with E-state index in [4.69, 9.17) is 0 Å². The summed E-state index contributed by atoms with van der Waals surface area (Å²) in [6.45, 7) is 3.26. The first-order valence-corrected chi connectivity index (χ1v) is 9.54. The number of nitrogens with zero attached hydrogens (tertiary/aromatic N) is 1. The van der Waals surface area contributed by atoms with Crippen LogP contribution < -0.4 is 10.6 Å². The van der Waals surface area contributed by atoms with Crippen molar-refractivity contribution in [3.8, 4) is 0 Å². The first kappa shape index (κ1) is 18.4. The Morgan fingerprint density at radius 3 is 2.25 bits per heavy atom. The molecule has 0 aliphatic carbocycles. The van der Waals surface area contributed by atoms with Crippen molar-refractivity contribution >= 4 is 21.8 Å². The van der Waals surface area contributed by atoms with Crippen molar-refractivity contribution < 1.29 is 18.0 Å². The van der Waals surface area contributed by atoms with E-state index in [2.05, 4.69) is 10.6 Å². The molecule has 0 saturated carbocycles. The number of benzene rings is 1.